The number of hydrogen-bond donors (Lipinski definition) is 2. The number of carbonyl (C=O) groups is 3. The van der Waals surface area contributed by atoms with Crippen molar-refractivity contribution < 1.29 is 36.8 Å². The number of nitrogens with one attached hydrogen (secondary N) is 2. The van der Waals surface area contributed by atoms with Crippen molar-refractivity contribution in [2.45, 2.75) is 13.1 Å². The van der Waals surface area contributed by atoms with E-state index < -0.39 is 30.6 Å². The van der Waals surface area contributed by atoms with Gasteiger partial charge in [-0.05, 0) is 25.1 Å². The first-order chi connectivity index (χ1) is 12.1. The molecule has 0 aliphatic carbocycles. The predicted molar refractivity (Wildman–Crippen MR) is 81.3 cm³/mol. The Kier molecular flexibility index (Phi) is 5.60. The van der Waals surface area contributed by atoms with Crippen LogP contribution in [0.1, 0.15) is 16.1 Å². The number of esters is 1. The van der Waals surface area contributed by atoms with Gasteiger partial charge in [0, 0.05) is 11.8 Å². The standard InChI is InChI=1S/C15H12F3N3O5/c1-8-5-11(21-26-8)20-12(22)7-25-13(23)9-3-2-4-10(6-9)19-14(24)15(16,17)18/h2-6H,7H2,1H3,(H,19,24)(H,20,21,22). The Balaban J connectivity index is 1.92. The number of halogens is 3. The molecular formula is C15H12F3N3O5. The molecule has 2 N–H and O–H groups in total. The minimum Gasteiger partial charge on any atom is -0.452 e. The van der Waals surface area contributed by atoms with E-state index in [-0.39, 0.29) is 17.1 Å². The van der Waals surface area contributed by atoms with Gasteiger partial charge in [-0.3, -0.25) is 9.59 Å². The summed E-state index contributed by atoms with van der Waals surface area (Å²) in [6, 6.07) is 6.11. The molecule has 11 heteroatoms. The van der Waals surface area contributed by atoms with Crippen LogP contribution in [-0.4, -0.2) is 35.7 Å². The number of nitrogens with zero attached hydrogens (tertiary/aromatic N) is 1. The third-order valence-corrected chi connectivity index (χ3v) is 2.84. The molecule has 0 saturated heterocycles. The van der Waals surface area contributed by atoms with Crippen molar-refractivity contribution in [1.82, 2.24) is 5.16 Å². The SMILES string of the molecule is Cc1cc(NC(=O)COC(=O)c2cccc(NC(=O)C(F)(F)F)c2)no1. The summed E-state index contributed by atoms with van der Waals surface area (Å²) in [6.07, 6.45) is -5.06. The van der Waals surface area contributed by atoms with E-state index in [1.54, 1.807) is 12.2 Å². The minimum atomic E-state index is -5.06. The number of rotatable bonds is 5. The lowest BCUT2D eigenvalue weighted by Crippen LogP contribution is -2.30. The Labute approximate surface area is 144 Å². The number of ether oxygens (including phenoxy) is 1. The lowest BCUT2D eigenvalue weighted by Gasteiger charge is -2.09. The summed E-state index contributed by atoms with van der Waals surface area (Å²) in [5, 5.41) is 7.45. The predicted octanol–water partition coefficient (Wildman–Crippen LogP) is 2.28. The quantitative estimate of drug-likeness (QED) is 0.780. The molecule has 0 atom stereocenters. The van der Waals surface area contributed by atoms with Gasteiger partial charge < -0.3 is 19.9 Å². The highest BCUT2D eigenvalue weighted by atomic mass is 19.4. The molecule has 2 rings (SSSR count). The Morgan fingerprint density at radius 1 is 1.19 bits per heavy atom. The first-order valence-corrected chi connectivity index (χ1v) is 7.03. The number of benzene rings is 1. The highest BCUT2D eigenvalue weighted by molar-refractivity contribution is 5.98. The van der Waals surface area contributed by atoms with Gasteiger partial charge >= 0.3 is 18.1 Å². The summed E-state index contributed by atoms with van der Waals surface area (Å²) >= 11 is 0. The van der Waals surface area contributed by atoms with Gasteiger partial charge in [0.05, 0.1) is 5.56 Å². The maximum absolute atomic E-state index is 12.2. The summed E-state index contributed by atoms with van der Waals surface area (Å²) < 4.78 is 46.2. The molecule has 2 aromatic rings. The maximum Gasteiger partial charge on any atom is 0.471 e. The highest BCUT2D eigenvalue weighted by Crippen LogP contribution is 2.19. The number of hydrogen-bond acceptors (Lipinski definition) is 6. The zero-order valence-electron chi connectivity index (χ0n) is 13.2. The van der Waals surface area contributed by atoms with Crippen molar-refractivity contribution in [1.29, 1.82) is 0 Å². The Morgan fingerprint density at radius 2 is 1.92 bits per heavy atom. The van der Waals surface area contributed by atoms with Crippen molar-refractivity contribution in [3.63, 3.8) is 0 Å². The van der Waals surface area contributed by atoms with Gasteiger partial charge in [-0.1, -0.05) is 11.2 Å². The van der Waals surface area contributed by atoms with Crippen molar-refractivity contribution >= 4 is 29.3 Å². The van der Waals surface area contributed by atoms with Crippen molar-refractivity contribution in [3.05, 3.63) is 41.7 Å². The van der Waals surface area contributed by atoms with E-state index in [1.807, 2.05) is 0 Å². The monoisotopic (exact) mass is 371 g/mol. The lowest BCUT2D eigenvalue weighted by molar-refractivity contribution is -0.167. The molecule has 1 aromatic carbocycles. The fourth-order valence-electron chi connectivity index (χ4n) is 1.74. The van der Waals surface area contributed by atoms with E-state index in [2.05, 4.69) is 10.5 Å². The number of carbonyl (C=O) groups excluding carboxylic acids is 3. The number of aromatic nitrogens is 1. The van der Waals surface area contributed by atoms with Gasteiger partial charge in [-0.2, -0.15) is 13.2 Å². The van der Waals surface area contributed by atoms with Gasteiger partial charge in [0.2, 0.25) is 0 Å². The summed E-state index contributed by atoms with van der Waals surface area (Å²) in [7, 11) is 0. The largest absolute Gasteiger partial charge is 0.471 e. The molecule has 0 fully saturated rings. The van der Waals surface area contributed by atoms with Crippen LogP contribution in [0, 0.1) is 6.92 Å². The second-order valence-electron chi connectivity index (χ2n) is 4.98. The van der Waals surface area contributed by atoms with Gasteiger partial charge in [-0.15, -0.1) is 0 Å². The first-order valence-electron chi connectivity index (χ1n) is 7.03. The molecule has 1 aromatic heterocycles. The smallest absolute Gasteiger partial charge is 0.452 e. The van der Waals surface area contributed by atoms with E-state index in [9.17, 15) is 27.6 Å². The van der Waals surface area contributed by atoms with Crippen molar-refractivity contribution in [2.75, 3.05) is 17.2 Å². The van der Waals surface area contributed by atoms with E-state index in [4.69, 9.17) is 9.26 Å². The maximum atomic E-state index is 12.2. The van der Waals surface area contributed by atoms with Crippen LogP contribution in [0.2, 0.25) is 0 Å². The summed E-state index contributed by atoms with van der Waals surface area (Å²) in [5.74, 6) is -3.21. The van der Waals surface area contributed by atoms with Gasteiger partial charge in [0.25, 0.3) is 5.91 Å². The molecular weight excluding hydrogens is 359 g/mol. The van der Waals surface area contributed by atoms with Crippen LogP contribution >= 0.6 is 0 Å². The molecule has 1 heterocycles. The molecule has 138 valence electrons. The van der Waals surface area contributed by atoms with E-state index in [0.29, 0.717) is 5.76 Å². The Bertz CT molecular complexity index is 832. The number of alkyl halides is 3. The Morgan fingerprint density at radius 3 is 2.54 bits per heavy atom. The lowest BCUT2D eigenvalue weighted by atomic mass is 10.2. The zero-order valence-corrected chi connectivity index (χ0v) is 13.2. The fourth-order valence-corrected chi connectivity index (χ4v) is 1.74. The van der Waals surface area contributed by atoms with Crippen LogP contribution in [0.15, 0.2) is 34.9 Å². The first kappa shape index (κ1) is 19.0. The van der Waals surface area contributed by atoms with E-state index in [0.717, 1.165) is 6.07 Å². The van der Waals surface area contributed by atoms with Crippen LogP contribution in [0.5, 0.6) is 0 Å². The molecule has 0 saturated carbocycles. The summed E-state index contributed by atoms with van der Waals surface area (Å²) in [4.78, 5) is 34.4. The van der Waals surface area contributed by atoms with Gasteiger partial charge in [0.1, 0.15) is 5.76 Å². The van der Waals surface area contributed by atoms with Crippen molar-refractivity contribution in [2.24, 2.45) is 0 Å². The molecule has 0 unspecified atom stereocenters. The fraction of sp³-hybridized carbons (Fsp3) is 0.200. The van der Waals surface area contributed by atoms with Crippen LogP contribution in [0.3, 0.4) is 0 Å². The van der Waals surface area contributed by atoms with Gasteiger partial charge in [0.15, 0.2) is 12.4 Å². The normalized spacial score (nSPS) is 10.9. The molecule has 0 aliphatic rings. The van der Waals surface area contributed by atoms with E-state index in [1.165, 1.54) is 24.3 Å². The average Bonchev–Trinajstić information content (AvgIpc) is 2.96. The highest BCUT2D eigenvalue weighted by Gasteiger charge is 2.38. The average molecular weight is 371 g/mol. The molecule has 8 nitrogen and oxygen atoms in total. The molecule has 0 bridgehead atoms. The molecule has 0 spiro atoms. The topological polar surface area (TPSA) is 111 Å². The summed E-state index contributed by atoms with van der Waals surface area (Å²) in [5.41, 5.74) is -0.389. The van der Waals surface area contributed by atoms with Crippen LogP contribution in [0.25, 0.3) is 0 Å². The molecule has 0 radical (unpaired) electrons. The van der Waals surface area contributed by atoms with Crippen LogP contribution in [0.4, 0.5) is 24.7 Å². The Hall–Kier alpha value is -3.37. The van der Waals surface area contributed by atoms with E-state index >= 15 is 0 Å². The molecule has 0 aliphatic heterocycles. The second kappa shape index (κ2) is 7.68. The third kappa shape index (κ3) is 5.33. The molecule has 26 heavy (non-hydrogen) atoms. The second-order valence-corrected chi connectivity index (χ2v) is 4.98. The summed E-state index contributed by atoms with van der Waals surface area (Å²) in [6.45, 7) is 0.969. The number of aryl methyl sites for hydroxylation is 1. The third-order valence-electron chi connectivity index (χ3n) is 2.84. The minimum absolute atomic E-state index is 0.139. The zero-order chi connectivity index (χ0) is 19.3. The van der Waals surface area contributed by atoms with Crippen molar-refractivity contribution in [3.8, 4) is 0 Å². The van der Waals surface area contributed by atoms with Crippen LogP contribution < -0.4 is 10.6 Å². The number of amides is 2. The molecule has 2 amide bonds. The van der Waals surface area contributed by atoms with Crippen LogP contribution in [-0.2, 0) is 14.3 Å². The van der Waals surface area contributed by atoms with Gasteiger partial charge in [-0.25, -0.2) is 4.79 Å². The number of anilines is 2.